The fraction of sp³-hybridized carbons (Fsp3) is 0.375. The molecule has 5 nitrogen and oxygen atoms in total. The van der Waals surface area contributed by atoms with Gasteiger partial charge in [-0.3, -0.25) is 9.56 Å². The fourth-order valence-corrected chi connectivity index (χ4v) is 2.59. The van der Waals surface area contributed by atoms with Crippen LogP contribution in [0.2, 0.25) is 0 Å². The van der Waals surface area contributed by atoms with E-state index in [-0.39, 0.29) is 5.97 Å². The van der Waals surface area contributed by atoms with Crippen LogP contribution in [-0.2, 0) is 11.2 Å². The van der Waals surface area contributed by atoms with Crippen molar-refractivity contribution in [2.24, 2.45) is 4.99 Å². The van der Waals surface area contributed by atoms with Crippen LogP contribution in [0.25, 0.3) is 10.9 Å². The van der Waals surface area contributed by atoms with E-state index >= 15 is 0 Å². The van der Waals surface area contributed by atoms with Crippen LogP contribution in [-0.4, -0.2) is 36.2 Å². The maximum Gasteiger partial charge on any atom is 0.340 e. The van der Waals surface area contributed by atoms with Crippen molar-refractivity contribution in [3.63, 3.8) is 0 Å². The van der Waals surface area contributed by atoms with Gasteiger partial charge >= 0.3 is 5.97 Å². The number of rotatable bonds is 3. The number of fused-ring (bicyclic) bond motifs is 1. The summed E-state index contributed by atoms with van der Waals surface area (Å²) in [6, 6.07) is 6.19. The van der Waals surface area contributed by atoms with E-state index in [1.165, 1.54) is 5.56 Å². The zero-order valence-corrected chi connectivity index (χ0v) is 12.3. The number of ether oxygens (including phenoxy) is 1. The first-order valence-corrected chi connectivity index (χ1v) is 7.34. The molecule has 5 heteroatoms. The predicted molar refractivity (Wildman–Crippen MR) is 83.0 cm³/mol. The normalized spacial score (nSPS) is 14.1. The Hall–Kier alpha value is -2.30. The molecule has 0 saturated heterocycles. The van der Waals surface area contributed by atoms with E-state index in [1.54, 1.807) is 0 Å². The van der Waals surface area contributed by atoms with E-state index in [0.29, 0.717) is 12.2 Å². The molecule has 0 saturated carbocycles. The highest BCUT2D eigenvalue weighted by Crippen LogP contribution is 2.24. The van der Waals surface area contributed by atoms with Crippen LogP contribution in [0.5, 0.6) is 0 Å². The molecule has 0 radical (unpaired) electrons. The van der Waals surface area contributed by atoms with E-state index in [4.69, 9.17) is 4.74 Å². The molecule has 3 rings (SSSR count). The van der Waals surface area contributed by atoms with Gasteiger partial charge in [0.2, 0.25) is 5.96 Å². The summed E-state index contributed by atoms with van der Waals surface area (Å²) in [5, 5.41) is 4.16. The van der Waals surface area contributed by atoms with Crippen LogP contribution < -0.4 is 5.32 Å². The Balaban J connectivity index is 2.18. The Morgan fingerprint density at radius 1 is 1.43 bits per heavy atom. The molecule has 1 aliphatic rings. The molecule has 1 aliphatic heterocycles. The van der Waals surface area contributed by atoms with Crippen molar-refractivity contribution in [1.82, 2.24) is 9.88 Å². The van der Waals surface area contributed by atoms with Crippen LogP contribution in [0.1, 0.15) is 29.8 Å². The largest absolute Gasteiger partial charge is 0.462 e. The van der Waals surface area contributed by atoms with E-state index in [0.717, 1.165) is 36.4 Å². The van der Waals surface area contributed by atoms with Crippen molar-refractivity contribution in [3.05, 3.63) is 35.5 Å². The Morgan fingerprint density at radius 2 is 2.29 bits per heavy atom. The lowest BCUT2D eigenvalue weighted by Gasteiger charge is -2.05. The molecule has 0 spiro atoms. The van der Waals surface area contributed by atoms with Gasteiger partial charge in [0.25, 0.3) is 0 Å². The monoisotopic (exact) mass is 285 g/mol. The van der Waals surface area contributed by atoms with Crippen molar-refractivity contribution in [2.45, 2.75) is 20.3 Å². The van der Waals surface area contributed by atoms with Crippen molar-refractivity contribution in [1.29, 1.82) is 0 Å². The van der Waals surface area contributed by atoms with Gasteiger partial charge in [-0.2, -0.15) is 0 Å². The van der Waals surface area contributed by atoms with Gasteiger partial charge < -0.3 is 10.1 Å². The first-order valence-electron chi connectivity index (χ1n) is 7.34. The molecule has 1 N–H and O–H groups in total. The first kappa shape index (κ1) is 13.7. The number of aromatic nitrogens is 1. The van der Waals surface area contributed by atoms with Gasteiger partial charge in [0.05, 0.1) is 24.2 Å². The number of hydrogen-bond donors (Lipinski definition) is 1. The number of esters is 1. The molecule has 110 valence electrons. The van der Waals surface area contributed by atoms with Crippen molar-refractivity contribution in [2.75, 3.05) is 19.7 Å². The Bertz CT molecular complexity index is 716. The smallest absolute Gasteiger partial charge is 0.340 e. The molecule has 2 heterocycles. The lowest BCUT2D eigenvalue weighted by Crippen LogP contribution is -2.25. The second-order valence-corrected chi connectivity index (χ2v) is 4.97. The lowest BCUT2D eigenvalue weighted by atomic mass is 10.1. The van der Waals surface area contributed by atoms with E-state index in [2.05, 4.69) is 29.4 Å². The summed E-state index contributed by atoms with van der Waals surface area (Å²) in [6.07, 6.45) is 2.75. The first-order chi connectivity index (χ1) is 10.2. The maximum absolute atomic E-state index is 12.2. The molecule has 0 amide bonds. The van der Waals surface area contributed by atoms with Crippen molar-refractivity contribution < 1.29 is 9.53 Å². The second kappa shape index (κ2) is 5.60. The topological polar surface area (TPSA) is 55.6 Å². The standard InChI is InChI=1S/C16H19N3O2/c1-3-11-5-6-14-12(9-11)13(15(20)21-4-2)10-19(14)16-17-7-8-18-16/h5-6,9-10H,3-4,7-8H2,1-2H3,(H,17,18). The molecule has 0 atom stereocenters. The van der Waals surface area contributed by atoms with Gasteiger partial charge in [0.15, 0.2) is 0 Å². The average Bonchev–Trinajstić information content (AvgIpc) is 3.13. The Morgan fingerprint density at radius 3 is 2.95 bits per heavy atom. The lowest BCUT2D eigenvalue weighted by molar-refractivity contribution is 0.0528. The van der Waals surface area contributed by atoms with E-state index in [1.807, 2.05) is 23.8 Å². The molecule has 0 bridgehead atoms. The highest BCUT2D eigenvalue weighted by Gasteiger charge is 2.19. The number of hydrogen-bond acceptors (Lipinski definition) is 4. The third-order valence-corrected chi connectivity index (χ3v) is 3.66. The number of nitrogens with one attached hydrogen (secondary N) is 1. The quantitative estimate of drug-likeness (QED) is 0.880. The third-order valence-electron chi connectivity index (χ3n) is 3.66. The summed E-state index contributed by atoms with van der Waals surface area (Å²) in [6.45, 7) is 5.88. The van der Waals surface area contributed by atoms with Crippen LogP contribution in [0.15, 0.2) is 29.4 Å². The number of aryl methyl sites for hydroxylation is 1. The molecule has 1 aromatic heterocycles. The van der Waals surface area contributed by atoms with Crippen LogP contribution in [0.3, 0.4) is 0 Å². The van der Waals surface area contributed by atoms with Gasteiger partial charge in [-0.25, -0.2) is 4.79 Å². The summed E-state index contributed by atoms with van der Waals surface area (Å²) in [4.78, 5) is 16.6. The summed E-state index contributed by atoms with van der Waals surface area (Å²) in [5.41, 5.74) is 2.77. The third kappa shape index (κ3) is 2.39. The average molecular weight is 285 g/mol. The zero-order chi connectivity index (χ0) is 14.8. The molecule has 21 heavy (non-hydrogen) atoms. The number of nitrogens with zero attached hydrogens (tertiary/aromatic N) is 2. The Labute approximate surface area is 123 Å². The highest BCUT2D eigenvalue weighted by molar-refractivity contribution is 6.08. The van der Waals surface area contributed by atoms with Gasteiger partial charge in [-0.15, -0.1) is 0 Å². The van der Waals surface area contributed by atoms with Crippen molar-refractivity contribution >= 4 is 22.8 Å². The van der Waals surface area contributed by atoms with E-state index < -0.39 is 0 Å². The zero-order valence-electron chi connectivity index (χ0n) is 12.3. The van der Waals surface area contributed by atoms with Gasteiger partial charge in [-0.05, 0) is 31.0 Å². The number of carbonyl (C=O) groups excluding carboxylic acids is 1. The van der Waals surface area contributed by atoms with Gasteiger partial charge in [0, 0.05) is 18.1 Å². The predicted octanol–water partition coefficient (Wildman–Crippen LogP) is 2.19. The summed E-state index contributed by atoms with van der Waals surface area (Å²) in [7, 11) is 0. The fourth-order valence-electron chi connectivity index (χ4n) is 2.59. The molecule has 0 aliphatic carbocycles. The molecule has 0 unspecified atom stereocenters. The molecule has 0 fully saturated rings. The summed E-state index contributed by atoms with van der Waals surface area (Å²) < 4.78 is 7.11. The summed E-state index contributed by atoms with van der Waals surface area (Å²) >= 11 is 0. The highest BCUT2D eigenvalue weighted by atomic mass is 16.5. The number of benzene rings is 1. The molecular weight excluding hydrogens is 266 g/mol. The maximum atomic E-state index is 12.2. The molecular formula is C16H19N3O2. The molecule has 1 aromatic carbocycles. The Kier molecular flexibility index (Phi) is 3.64. The second-order valence-electron chi connectivity index (χ2n) is 4.97. The number of aliphatic imine (C=N–C) groups is 1. The minimum absolute atomic E-state index is 0.284. The van der Waals surface area contributed by atoms with E-state index in [9.17, 15) is 4.79 Å². The van der Waals surface area contributed by atoms with Crippen LogP contribution in [0, 0.1) is 0 Å². The van der Waals surface area contributed by atoms with Crippen LogP contribution >= 0.6 is 0 Å². The van der Waals surface area contributed by atoms with Gasteiger partial charge in [0.1, 0.15) is 0 Å². The minimum atomic E-state index is -0.284. The van der Waals surface area contributed by atoms with Crippen molar-refractivity contribution in [3.8, 4) is 0 Å². The minimum Gasteiger partial charge on any atom is -0.462 e. The summed E-state index contributed by atoms with van der Waals surface area (Å²) in [5.74, 6) is 0.507. The van der Waals surface area contributed by atoms with Crippen LogP contribution in [0.4, 0.5) is 0 Å². The molecule has 2 aromatic rings. The van der Waals surface area contributed by atoms with Gasteiger partial charge in [-0.1, -0.05) is 13.0 Å². The number of carbonyl (C=O) groups is 1. The SMILES string of the molecule is CCOC(=O)c1cn(C2=NCCN2)c2ccc(CC)cc12.